The lowest BCUT2D eigenvalue weighted by Gasteiger charge is -2.26. The van der Waals surface area contributed by atoms with Gasteiger partial charge in [0.25, 0.3) is 0 Å². The Morgan fingerprint density at radius 1 is 1.53 bits per heavy atom. The van der Waals surface area contributed by atoms with Crippen LogP contribution < -0.4 is 5.73 Å². The Balaban J connectivity index is 2.11. The lowest BCUT2D eigenvalue weighted by Crippen LogP contribution is -2.33. The maximum atomic E-state index is 11.7. The molecule has 1 unspecified atom stereocenters. The van der Waals surface area contributed by atoms with Crippen molar-refractivity contribution in [2.75, 3.05) is 0 Å². The van der Waals surface area contributed by atoms with Crippen molar-refractivity contribution in [2.45, 2.75) is 44.8 Å². The Morgan fingerprint density at radius 3 is 3.06 bits per heavy atom. The van der Waals surface area contributed by atoms with Gasteiger partial charge in [-0.25, -0.2) is 0 Å². The summed E-state index contributed by atoms with van der Waals surface area (Å²) in [6.07, 6.45) is 3.55. The Labute approximate surface area is 102 Å². The number of nitrogens with two attached hydrogens (primary N) is 1. The molecule has 1 aromatic rings. The zero-order chi connectivity index (χ0) is 12.3. The van der Waals surface area contributed by atoms with Crippen LogP contribution in [0, 0.1) is 0 Å². The molecule has 0 aliphatic heterocycles. The fourth-order valence-electron chi connectivity index (χ4n) is 2.23. The van der Waals surface area contributed by atoms with Crippen molar-refractivity contribution in [2.24, 2.45) is 5.73 Å². The number of fused-ring (bicyclic) bond motifs is 1. The molecule has 0 spiro atoms. The standard InChI is InChI=1S/C14H19NO2/c1-2-12(15)14(16)17-13-9-5-7-10-6-3-4-8-11(10)13/h3-4,6,8,12-13H,2,5,7,9,15H2,1H3/t12-,13?/m0/s1. The van der Waals surface area contributed by atoms with Crippen molar-refractivity contribution in [3.05, 3.63) is 35.4 Å². The van der Waals surface area contributed by atoms with Gasteiger partial charge in [0.15, 0.2) is 0 Å². The molecule has 0 fully saturated rings. The van der Waals surface area contributed by atoms with Crippen LogP contribution in [0.5, 0.6) is 0 Å². The molecule has 0 saturated heterocycles. The van der Waals surface area contributed by atoms with Gasteiger partial charge in [0.2, 0.25) is 0 Å². The van der Waals surface area contributed by atoms with E-state index in [4.69, 9.17) is 10.5 Å². The molecule has 3 nitrogen and oxygen atoms in total. The minimum atomic E-state index is -0.496. The van der Waals surface area contributed by atoms with Gasteiger partial charge in [-0.2, -0.15) is 0 Å². The first-order valence-corrected chi connectivity index (χ1v) is 6.26. The van der Waals surface area contributed by atoms with E-state index in [1.54, 1.807) is 0 Å². The molecule has 0 saturated carbocycles. The lowest BCUT2D eigenvalue weighted by molar-refractivity contribution is -0.151. The highest BCUT2D eigenvalue weighted by Gasteiger charge is 2.24. The number of carbonyl (C=O) groups excluding carboxylic acids is 1. The SMILES string of the molecule is CC[C@H](N)C(=O)OC1CCCc2ccccc21. The zero-order valence-corrected chi connectivity index (χ0v) is 10.2. The van der Waals surface area contributed by atoms with E-state index in [0.717, 1.165) is 24.8 Å². The van der Waals surface area contributed by atoms with Crippen molar-refractivity contribution in [3.63, 3.8) is 0 Å². The van der Waals surface area contributed by atoms with Crippen LogP contribution in [-0.4, -0.2) is 12.0 Å². The molecular weight excluding hydrogens is 214 g/mol. The fourth-order valence-corrected chi connectivity index (χ4v) is 2.23. The molecule has 2 N–H and O–H groups in total. The largest absolute Gasteiger partial charge is 0.456 e. The molecule has 2 rings (SSSR count). The van der Waals surface area contributed by atoms with Gasteiger partial charge in [-0.05, 0) is 36.8 Å². The summed E-state index contributed by atoms with van der Waals surface area (Å²) in [5.74, 6) is -0.283. The van der Waals surface area contributed by atoms with Crippen molar-refractivity contribution >= 4 is 5.97 Å². The van der Waals surface area contributed by atoms with Gasteiger partial charge in [0.1, 0.15) is 12.1 Å². The van der Waals surface area contributed by atoms with Crippen LogP contribution >= 0.6 is 0 Å². The Morgan fingerprint density at radius 2 is 2.29 bits per heavy atom. The monoisotopic (exact) mass is 233 g/mol. The molecule has 0 radical (unpaired) electrons. The number of aryl methyl sites for hydroxylation is 1. The van der Waals surface area contributed by atoms with Crippen LogP contribution in [0.3, 0.4) is 0 Å². The highest BCUT2D eigenvalue weighted by molar-refractivity contribution is 5.75. The first-order chi connectivity index (χ1) is 8.22. The summed E-state index contributed by atoms with van der Waals surface area (Å²) in [5.41, 5.74) is 8.12. The molecule has 92 valence electrons. The van der Waals surface area contributed by atoms with Gasteiger partial charge < -0.3 is 10.5 Å². The second-order valence-electron chi connectivity index (χ2n) is 4.53. The molecule has 0 aromatic heterocycles. The van der Waals surface area contributed by atoms with Crippen molar-refractivity contribution in [1.82, 2.24) is 0 Å². The van der Waals surface area contributed by atoms with Crippen LogP contribution in [0.15, 0.2) is 24.3 Å². The van der Waals surface area contributed by atoms with E-state index in [0.29, 0.717) is 6.42 Å². The third-order valence-electron chi connectivity index (χ3n) is 3.32. The van der Waals surface area contributed by atoms with E-state index in [-0.39, 0.29) is 12.1 Å². The quantitative estimate of drug-likeness (QED) is 0.815. The summed E-state index contributed by atoms with van der Waals surface area (Å²) in [7, 11) is 0. The van der Waals surface area contributed by atoms with Crippen LogP contribution in [0.1, 0.15) is 43.4 Å². The van der Waals surface area contributed by atoms with E-state index in [1.807, 2.05) is 25.1 Å². The summed E-state index contributed by atoms with van der Waals surface area (Å²) in [6.45, 7) is 1.89. The molecule has 0 heterocycles. The van der Waals surface area contributed by atoms with E-state index >= 15 is 0 Å². The molecule has 1 aliphatic carbocycles. The Hall–Kier alpha value is -1.35. The average molecular weight is 233 g/mol. The van der Waals surface area contributed by atoms with Gasteiger partial charge in [0, 0.05) is 0 Å². The molecular formula is C14H19NO2. The topological polar surface area (TPSA) is 52.3 Å². The van der Waals surface area contributed by atoms with Crippen LogP contribution in [0.4, 0.5) is 0 Å². The number of hydrogen-bond acceptors (Lipinski definition) is 3. The van der Waals surface area contributed by atoms with E-state index in [9.17, 15) is 4.79 Å². The average Bonchev–Trinajstić information content (AvgIpc) is 2.38. The van der Waals surface area contributed by atoms with Gasteiger partial charge in [0.05, 0.1) is 0 Å². The Bertz CT molecular complexity index is 403. The Kier molecular flexibility index (Phi) is 3.79. The number of carbonyl (C=O) groups is 1. The summed E-state index contributed by atoms with van der Waals surface area (Å²) >= 11 is 0. The van der Waals surface area contributed by atoms with Gasteiger partial charge in [-0.3, -0.25) is 4.79 Å². The maximum Gasteiger partial charge on any atom is 0.323 e. The van der Waals surface area contributed by atoms with Gasteiger partial charge >= 0.3 is 5.97 Å². The first-order valence-electron chi connectivity index (χ1n) is 6.26. The predicted molar refractivity (Wildman–Crippen MR) is 66.5 cm³/mol. The molecule has 3 heteroatoms. The molecule has 2 atom stereocenters. The third-order valence-corrected chi connectivity index (χ3v) is 3.32. The molecule has 0 amide bonds. The van der Waals surface area contributed by atoms with Crippen LogP contribution in [-0.2, 0) is 16.0 Å². The summed E-state index contributed by atoms with van der Waals surface area (Å²) in [6, 6.07) is 7.67. The first kappa shape index (κ1) is 12.1. The number of hydrogen-bond donors (Lipinski definition) is 1. The summed E-state index contributed by atoms with van der Waals surface area (Å²) < 4.78 is 5.51. The second kappa shape index (κ2) is 5.32. The summed E-state index contributed by atoms with van der Waals surface area (Å²) in [4.78, 5) is 11.7. The number of esters is 1. The molecule has 1 aromatic carbocycles. The molecule has 1 aliphatic rings. The number of rotatable bonds is 3. The van der Waals surface area contributed by atoms with Crippen molar-refractivity contribution < 1.29 is 9.53 Å². The lowest BCUT2D eigenvalue weighted by atomic mass is 9.89. The zero-order valence-electron chi connectivity index (χ0n) is 10.2. The van der Waals surface area contributed by atoms with Gasteiger partial charge in [-0.15, -0.1) is 0 Å². The van der Waals surface area contributed by atoms with Gasteiger partial charge in [-0.1, -0.05) is 31.2 Å². The normalized spacial score (nSPS) is 20.5. The minimum absolute atomic E-state index is 0.106. The van der Waals surface area contributed by atoms with E-state index < -0.39 is 6.04 Å². The van der Waals surface area contributed by atoms with Crippen LogP contribution in [0.2, 0.25) is 0 Å². The van der Waals surface area contributed by atoms with Crippen molar-refractivity contribution in [3.8, 4) is 0 Å². The smallest absolute Gasteiger partial charge is 0.323 e. The maximum absolute atomic E-state index is 11.7. The molecule has 17 heavy (non-hydrogen) atoms. The number of benzene rings is 1. The highest BCUT2D eigenvalue weighted by Crippen LogP contribution is 2.32. The predicted octanol–water partition coefficient (Wildman–Crippen LogP) is 2.34. The third kappa shape index (κ3) is 2.67. The van der Waals surface area contributed by atoms with E-state index in [1.165, 1.54) is 5.56 Å². The minimum Gasteiger partial charge on any atom is -0.456 e. The fraction of sp³-hybridized carbons (Fsp3) is 0.500. The van der Waals surface area contributed by atoms with Crippen LogP contribution in [0.25, 0.3) is 0 Å². The molecule has 0 bridgehead atoms. The van der Waals surface area contributed by atoms with E-state index in [2.05, 4.69) is 6.07 Å². The second-order valence-corrected chi connectivity index (χ2v) is 4.53. The van der Waals surface area contributed by atoms with Crippen molar-refractivity contribution in [1.29, 1.82) is 0 Å². The number of ether oxygens (including phenoxy) is 1. The summed E-state index contributed by atoms with van der Waals surface area (Å²) in [5, 5.41) is 0. The highest BCUT2D eigenvalue weighted by atomic mass is 16.5.